The van der Waals surface area contributed by atoms with E-state index in [1.807, 2.05) is 13.0 Å². The molecule has 0 radical (unpaired) electrons. The van der Waals surface area contributed by atoms with Gasteiger partial charge in [-0.2, -0.15) is 0 Å². The number of hydrogen-bond donors (Lipinski definition) is 3. The average Bonchev–Trinajstić information content (AvgIpc) is 2.72. The molecule has 0 aliphatic rings. The fourth-order valence-electron chi connectivity index (χ4n) is 1.60. The third-order valence-electron chi connectivity index (χ3n) is 2.44. The van der Waals surface area contributed by atoms with E-state index in [2.05, 4.69) is 10.5 Å². The highest BCUT2D eigenvalue weighted by Gasteiger charge is 2.09. The number of primary amides is 1. The van der Waals surface area contributed by atoms with E-state index in [4.69, 9.17) is 16.0 Å². The van der Waals surface area contributed by atoms with Crippen molar-refractivity contribution in [2.24, 2.45) is 5.73 Å². The number of nitrogens with two attached hydrogens (primary N) is 2. The van der Waals surface area contributed by atoms with Crippen molar-refractivity contribution in [1.29, 1.82) is 0 Å². The summed E-state index contributed by atoms with van der Waals surface area (Å²) in [5.41, 5.74) is 13.3. The highest BCUT2D eigenvalue weighted by Crippen LogP contribution is 2.19. The van der Waals surface area contributed by atoms with Crippen LogP contribution in [0.1, 0.15) is 21.8 Å². The lowest BCUT2D eigenvalue weighted by atomic mass is 10.1. The molecule has 18 heavy (non-hydrogen) atoms. The Morgan fingerprint density at radius 3 is 2.83 bits per heavy atom. The SMILES string of the molecule is Cc1cc(CNc2cc(N)ccc2C(N)=O)on1. The summed E-state index contributed by atoms with van der Waals surface area (Å²) in [7, 11) is 0. The number of nitrogens with one attached hydrogen (secondary N) is 1. The Balaban J connectivity index is 2.17. The molecule has 0 saturated heterocycles. The Morgan fingerprint density at radius 1 is 1.44 bits per heavy atom. The molecule has 0 aliphatic heterocycles. The normalized spacial score (nSPS) is 10.3. The number of nitrogen functional groups attached to an aromatic ring is 1. The van der Waals surface area contributed by atoms with Gasteiger partial charge in [-0.15, -0.1) is 0 Å². The summed E-state index contributed by atoms with van der Waals surface area (Å²) < 4.78 is 5.06. The molecule has 0 bridgehead atoms. The Hall–Kier alpha value is -2.50. The van der Waals surface area contributed by atoms with Crippen LogP contribution in [0.5, 0.6) is 0 Å². The first-order valence-electron chi connectivity index (χ1n) is 5.41. The Kier molecular flexibility index (Phi) is 3.18. The van der Waals surface area contributed by atoms with Crippen LogP contribution in [0.4, 0.5) is 11.4 Å². The maximum Gasteiger partial charge on any atom is 0.250 e. The van der Waals surface area contributed by atoms with Gasteiger partial charge in [0.15, 0.2) is 5.76 Å². The molecule has 0 fully saturated rings. The van der Waals surface area contributed by atoms with E-state index in [0.29, 0.717) is 29.2 Å². The van der Waals surface area contributed by atoms with Crippen LogP contribution in [-0.2, 0) is 6.54 Å². The highest BCUT2D eigenvalue weighted by atomic mass is 16.5. The van der Waals surface area contributed by atoms with Crippen LogP contribution in [0.2, 0.25) is 0 Å². The van der Waals surface area contributed by atoms with E-state index >= 15 is 0 Å². The molecule has 94 valence electrons. The number of rotatable bonds is 4. The van der Waals surface area contributed by atoms with Gasteiger partial charge < -0.3 is 21.3 Å². The molecule has 1 heterocycles. The first-order chi connectivity index (χ1) is 8.56. The van der Waals surface area contributed by atoms with Crippen molar-refractivity contribution in [2.75, 3.05) is 11.1 Å². The van der Waals surface area contributed by atoms with Crippen LogP contribution in [0.15, 0.2) is 28.8 Å². The van der Waals surface area contributed by atoms with Crippen molar-refractivity contribution < 1.29 is 9.32 Å². The van der Waals surface area contributed by atoms with Gasteiger partial charge in [0.25, 0.3) is 5.91 Å². The Morgan fingerprint density at radius 2 is 2.22 bits per heavy atom. The monoisotopic (exact) mass is 246 g/mol. The lowest BCUT2D eigenvalue weighted by molar-refractivity contribution is 0.100. The van der Waals surface area contributed by atoms with E-state index in [1.165, 1.54) is 0 Å². The summed E-state index contributed by atoms with van der Waals surface area (Å²) in [6.07, 6.45) is 0. The smallest absolute Gasteiger partial charge is 0.250 e. The van der Waals surface area contributed by atoms with Gasteiger partial charge in [0.2, 0.25) is 0 Å². The summed E-state index contributed by atoms with van der Waals surface area (Å²) in [5.74, 6) is 0.164. The van der Waals surface area contributed by atoms with Crippen molar-refractivity contribution in [3.63, 3.8) is 0 Å². The number of anilines is 2. The van der Waals surface area contributed by atoms with Gasteiger partial charge in [0.1, 0.15) is 0 Å². The largest absolute Gasteiger partial charge is 0.399 e. The van der Waals surface area contributed by atoms with Gasteiger partial charge in [-0.25, -0.2) is 0 Å². The molecular formula is C12H14N4O2. The number of carbonyl (C=O) groups is 1. The summed E-state index contributed by atoms with van der Waals surface area (Å²) in [4.78, 5) is 11.3. The molecule has 0 atom stereocenters. The minimum atomic E-state index is -0.508. The number of carbonyl (C=O) groups excluding carboxylic acids is 1. The second-order valence-electron chi connectivity index (χ2n) is 3.96. The van der Waals surface area contributed by atoms with Gasteiger partial charge in [0.05, 0.1) is 17.8 Å². The maximum absolute atomic E-state index is 11.3. The second-order valence-corrected chi connectivity index (χ2v) is 3.96. The molecule has 0 aliphatic carbocycles. The molecule has 6 heteroatoms. The molecule has 2 aromatic rings. The summed E-state index contributed by atoms with van der Waals surface area (Å²) >= 11 is 0. The van der Waals surface area contributed by atoms with Crippen LogP contribution >= 0.6 is 0 Å². The Labute approximate surface area is 104 Å². The van der Waals surface area contributed by atoms with Crippen molar-refractivity contribution in [1.82, 2.24) is 5.16 Å². The van der Waals surface area contributed by atoms with E-state index in [9.17, 15) is 4.79 Å². The molecule has 2 rings (SSSR count). The zero-order chi connectivity index (χ0) is 13.1. The number of nitrogens with zero attached hydrogens (tertiary/aromatic N) is 1. The minimum Gasteiger partial charge on any atom is -0.399 e. The predicted octanol–water partition coefficient (Wildman–Crippen LogP) is 1.28. The van der Waals surface area contributed by atoms with Crippen LogP contribution < -0.4 is 16.8 Å². The number of aromatic nitrogens is 1. The lowest BCUT2D eigenvalue weighted by Crippen LogP contribution is -2.14. The van der Waals surface area contributed by atoms with Crippen molar-refractivity contribution in [2.45, 2.75) is 13.5 Å². The van der Waals surface area contributed by atoms with Crippen molar-refractivity contribution in [3.8, 4) is 0 Å². The lowest BCUT2D eigenvalue weighted by Gasteiger charge is -2.09. The third kappa shape index (κ3) is 2.60. The van der Waals surface area contributed by atoms with Crippen LogP contribution in [0.25, 0.3) is 0 Å². The Bertz CT molecular complexity index is 577. The van der Waals surface area contributed by atoms with E-state index in [1.54, 1.807) is 18.2 Å². The fourth-order valence-corrected chi connectivity index (χ4v) is 1.60. The number of amides is 1. The number of benzene rings is 1. The number of hydrogen-bond acceptors (Lipinski definition) is 5. The molecule has 1 aromatic heterocycles. The summed E-state index contributed by atoms with van der Waals surface area (Å²) in [6.45, 7) is 2.24. The second kappa shape index (κ2) is 4.79. The van der Waals surface area contributed by atoms with Crippen molar-refractivity contribution >= 4 is 17.3 Å². The molecule has 0 spiro atoms. The first-order valence-corrected chi connectivity index (χ1v) is 5.41. The topological polar surface area (TPSA) is 107 Å². The average molecular weight is 246 g/mol. The molecular weight excluding hydrogens is 232 g/mol. The summed E-state index contributed by atoms with van der Waals surface area (Å²) in [6, 6.07) is 6.68. The van der Waals surface area contributed by atoms with Gasteiger partial charge >= 0.3 is 0 Å². The molecule has 1 aromatic carbocycles. The minimum absolute atomic E-state index is 0.389. The zero-order valence-corrected chi connectivity index (χ0v) is 9.93. The molecule has 1 amide bonds. The van der Waals surface area contributed by atoms with E-state index in [-0.39, 0.29) is 0 Å². The molecule has 0 saturated carbocycles. The standard InChI is InChI=1S/C12H14N4O2/c1-7-4-9(18-16-7)6-15-11-5-8(13)2-3-10(11)12(14)17/h2-5,15H,6,13H2,1H3,(H2,14,17). The maximum atomic E-state index is 11.3. The zero-order valence-electron chi connectivity index (χ0n) is 9.93. The predicted molar refractivity (Wildman–Crippen MR) is 67.9 cm³/mol. The van der Waals surface area contributed by atoms with Gasteiger partial charge in [-0.1, -0.05) is 5.16 Å². The quantitative estimate of drug-likeness (QED) is 0.704. The van der Waals surface area contributed by atoms with Crippen molar-refractivity contribution in [3.05, 3.63) is 41.3 Å². The molecule has 5 N–H and O–H groups in total. The number of aryl methyl sites for hydroxylation is 1. The van der Waals surface area contributed by atoms with Gasteiger partial charge in [-0.3, -0.25) is 4.79 Å². The van der Waals surface area contributed by atoms with Crippen LogP contribution in [0, 0.1) is 6.92 Å². The van der Waals surface area contributed by atoms with Gasteiger partial charge in [0, 0.05) is 17.4 Å². The highest BCUT2D eigenvalue weighted by molar-refractivity contribution is 5.99. The van der Waals surface area contributed by atoms with Crippen LogP contribution in [-0.4, -0.2) is 11.1 Å². The van der Waals surface area contributed by atoms with Gasteiger partial charge in [-0.05, 0) is 25.1 Å². The van der Waals surface area contributed by atoms with E-state index in [0.717, 1.165) is 5.69 Å². The third-order valence-corrected chi connectivity index (χ3v) is 2.44. The summed E-state index contributed by atoms with van der Waals surface area (Å²) in [5, 5.41) is 6.82. The fraction of sp³-hybridized carbons (Fsp3) is 0.167. The van der Waals surface area contributed by atoms with E-state index < -0.39 is 5.91 Å². The molecule has 0 unspecified atom stereocenters. The first kappa shape index (κ1) is 12.0. The van der Waals surface area contributed by atoms with Crippen LogP contribution in [0.3, 0.4) is 0 Å². The molecule has 6 nitrogen and oxygen atoms in total.